The van der Waals surface area contributed by atoms with Crippen LogP contribution in [-0.2, 0) is 0 Å². The summed E-state index contributed by atoms with van der Waals surface area (Å²) in [6, 6.07) is 7.59. The molecule has 0 aliphatic heterocycles. The van der Waals surface area contributed by atoms with Gasteiger partial charge in [0.2, 0.25) is 0 Å². The Kier molecular flexibility index (Phi) is 4.95. The molecule has 0 aromatic heterocycles. The minimum Gasteiger partial charge on any atom is -0.389 e. The van der Waals surface area contributed by atoms with E-state index in [2.05, 4.69) is 19.2 Å². The summed E-state index contributed by atoms with van der Waals surface area (Å²) in [5.41, 5.74) is 1.06. The Morgan fingerprint density at radius 1 is 1.42 bits per heavy atom. The third kappa shape index (κ3) is 5.30. The molecule has 0 atom stereocenters. The van der Waals surface area contributed by atoms with E-state index in [1.807, 2.05) is 24.3 Å². The van der Waals surface area contributed by atoms with Crippen LogP contribution in [0.15, 0.2) is 24.3 Å². The van der Waals surface area contributed by atoms with Crippen LogP contribution in [0.4, 0.5) is 10.5 Å². The fourth-order valence-corrected chi connectivity index (χ4v) is 1.85. The lowest BCUT2D eigenvalue weighted by Crippen LogP contribution is -2.41. The van der Waals surface area contributed by atoms with E-state index < -0.39 is 5.60 Å². The second-order valence-corrected chi connectivity index (χ2v) is 5.88. The molecule has 2 amide bonds. The van der Waals surface area contributed by atoms with Gasteiger partial charge in [-0.2, -0.15) is 0 Å². The molecule has 0 heterocycles. The Morgan fingerprint density at radius 2 is 2.05 bits per heavy atom. The van der Waals surface area contributed by atoms with Crippen molar-refractivity contribution < 1.29 is 9.90 Å². The number of hydrogen-bond donors (Lipinski definition) is 2. The van der Waals surface area contributed by atoms with Gasteiger partial charge in [-0.3, -0.25) is 0 Å². The smallest absolute Gasteiger partial charge is 0.321 e. The molecule has 0 radical (unpaired) electrons. The van der Waals surface area contributed by atoms with E-state index in [0.717, 1.165) is 5.69 Å². The van der Waals surface area contributed by atoms with Crippen molar-refractivity contribution in [2.24, 2.45) is 0 Å². The number of nitrogens with zero attached hydrogens (tertiary/aromatic N) is 1. The Bertz CT molecular complexity index is 436. The summed E-state index contributed by atoms with van der Waals surface area (Å²) in [6.45, 7) is 7.86. The molecule has 1 aromatic rings. The molecule has 0 spiro atoms. The highest BCUT2D eigenvalue weighted by molar-refractivity contribution is 5.89. The number of carbonyl (C=O) groups is 1. The Morgan fingerprint density at radius 3 is 2.58 bits per heavy atom. The lowest BCUT2D eigenvalue weighted by Gasteiger charge is -2.25. The highest BCUT2D eigenvalue weighted by atomic mass is 16.3. The van der Waals surface area contributed by atoms with E-state index >= 15 is 0 Å². The fourth-order valence-electron chi connectivity index (χ4n) is 1.85. The monoisotopic (exact) mass is 264 g/mol. The first kappa shape index (κ1) is 15.5. The molecular formula is C15H24N2O2. The van der Waals surface area contributed by atoms with Gasteiger partial charge >= 0.3 is 6.03 Å². The van der Waals surface area contributed by atoms with E-state index in [1.165, 1.54) is 10.5 Å². The van der Waals surface area contributed by atoms with Crippen LogP contribution in [0, 0.1) is 0 Å². The van der Waals surface area contributed by atoms with Gasteiger partial charge in [-0.05, 0) is 37.5 Å². The van der Waals surface area contributed by atoms with Crippen molar-refractivity contribution in [1.29, 1.82) is 0 Å². The predicted molar refractivity (Wildman–Crippen MR) is 78.5 cm³/mol. The minimum atomic E-state index is -0.897. The van der Waals surface area contributed by atoms with E-state index in [1.54, 1.807) is 20.9 Å². The molecule has 4 nitrogen and oxygen atoms in total. The second-order valence-electron chi connectivity index (χ2n) is 5.88. The van der Waals surface area contributed by atoms with Gasteiger partial charge in [0.25, 0.3) is 0 Å². The molecule has 1 rings (SSSR count). The quantitative estimate of drug-likeness (QED) is 0.878. The number of rotatable bonds is 4. The summed E-state index contributed by atoms with van der Waals surface area (Å²) in [7, 11) is 1.67. The van der Waals surface area contributed by atoms with E-state index in [4.69, 9.17) is 0 Å². The molecule has 4 heteroatoms. The highest BCUT2D eigenvalue weighted by Crippen LogP contribution is 2.18. The van der Waals surface area contributed by atoms with Gasteiger partial charge in [0.05, 0.1) is 12.1 Å². The SMILES string of the molecule is CC(C)c1cccc(NC(=O)N(C)CC(C)(C)O)c1. The van der Waals surface area contributed by atoms with Crippen molar-refractivity contribution in [1.82, 2.24) is 4.90 Å². The van der Waals surface area contributed by atoms with Crippen LogP contribution in [-0.4, -0.2) is 35.2 Å². The molecule has 0 fully saturated rings. The summed E-state index contributed by atoms with van der Waals surface area (Å²) in [4.78, 5) is 13.4. The van der Waals surface area contributed by atoms with Crippen molar-refractivity contribution in [3.63, 3.8) is 0 Å². The van der Waals surface area contributed by atoms with Crippen LogP contribution >= 0.6 is 0 Å². The zero-order valence-electron chi connectivity index (χ0n) is 12.4. The molecule has 0 saturated heterocycles. The first-order valence-corrected chi connectivity index (χ1v) is 6.53. The van der Waals surface area contributed by atoms with Crippen LogP contribution in [0.25, 0.3) is 0 Å². The zero-order valence-corrected chi connectivity index (χ0v) is 12.4. The third-order valence-electron chi connectivity index (χ3n) is 2.78. The average Bonchev–Trinajstić information content (AvgIpc) is 2.27. The van der Waals surface area contributed by atoms with E-state index in [9.17, 15) is 9.90 Å². The van der Waals surface area contributed by atoms with Gasteiger partial charge < -0.3 is 15.3 Å². The van der Waals surface area contributed by atoms with Crippen molar-refractivity contribution in [3.05, 3.63) is 29.8 Å². The maximum absolute atomic E-state index is 12.0. The van der Waals surface area contributed by atoms with Gasteiger partial charge in [0.1, 0.15) is 0 Å². The van der Waals surface area contributed by atoms with Crippen LogP contribution in [0.2, 0.25) is 0 Å². The summed E-state index contributed by atoms with van der Waals surface area (Å²) in [6.07, 6.45) is 0. The molecule has 0 aliphatic carbocycles. The largest absolute Gasteiger partial charge is 0.389 e. The molecule has 0 bridgehead atoms. The topological polar surface area (TPSA) is 52.6 Å². The first-order valence-electron chi connectivity index (χ1n) is 6.53. The van der Waals surface area contributed by atoms with Gasteiger partial charge in [0, 0.05) is 12.7 Å². The molecule has 2 N–H and O–H groups in total. The number of aliphatic hydroxyl groups is 1. The molecule has 0 aliphatic rings. The minimum absolute atomic E-state index is 0.219. The summed E-state index contributed by atoms with van der Waals surface area (Å²) in [5.74, 6) is 0.422. The highest BCUT2D eigenvalue weighted by Gasteiger charge is 2.19. The lowest BCUT2D eigenvalue weighted by atomic mass is 10.0. The van der Waals surface area contributed by atoms with Crippen molar-refractivity contribution in [3.8, 4) is 0 Å². The number of benzene rings is 1. The molecule has 106 valence electrons. The van der Waals surface area contributed by atoms with Gasteiger partial charge in [-0.25, -0.2) is 4.79 Å². The van der Waals surface area contributed by atoms with Crippen molar-refractivity contribution in [2.45, 2.75) is 39.2 Å². The normalized spacial score (nSPS) is 11.5. The number of urea groups is 1. The molecule has 1 aromatic carbocycles. The maximum atomic E-state index is 12.0. The van der Waals surface area contributed by atoms with E-state index in [0.29, 0.717) is 5.92 Å². The third-order valence-corrected chi connectivity index (χ3v) is 2.78. The molecular weight excluding hydrogens is 240 g/mol. The van der Waals surface area contributed by atoms with Crippen LogP contribution in [0.1, 0.15) is 39.2 Å². The Hall–Kier alpha value is -1.55. The van der Waals surface area contributed by atoms with Crippen molar-refractivity contribution in [2.75, 3.05) is 18.9 Å². The fraction of sp³-hybridized carbons (Fsp3) is 0.533. The van der Waals surface area contributed by atoms with Crippen LogP contribution in [0.3, 0.4) is 0 Å². The molecule has 0 unspecified atom stereocenters. The predicted octanol–water partition coefficient (Wildman–Crippen LogP) is 3.04. The number of hydrogen-bond acceptors (Lipinski definition) is 2. The number of anilines is 1. The number of amides is 2. The maximum Gasteiger partial charge on any atom is 0.321 e. The lowest BCUT2D eigenvalue weighted by molar-refractivity contribution is 0.0550. The summed E-state index contributed by atoms with van der Waals surface area (Å²) < 4.78 is 0. The Labute approximate surface area is 115 Å². The number of carbonyl (C=O) groups excluding carboxylic acids is 1. The Balaban J connectivity index is 2.69. The van der Waals surface area contributed by atoms with E-state index in [-0.39, 0.29) is 12.6 Å². The van der Waals surface area contributed by atoms with Gasteiger partial charge in [-0.15, -0.1) is 0 Å². The first-order chi connectivity index (χ1) is 8.69. The molecule has 0 saturated carbocycles. The average molecular weight is 264 g/mol. The molecule has 19 heavy (non-hydrogen) atoms. The standard InChI is InChI=1S/C15H24N2O2/c1-11(2)12-7-6-8-13(9-12)16-14(18)17(5)10-15(3,4)19/h6-9,11,19H,10H2,1-5H3,(H,16,18). The second kappa shape index (κ2) is 6.06. The van der Waals surface area contributed by atoms with Crippen molar-refractivity contribution >= 4 is 11.7 Å². The van der Waals surface area contributed by atoms with Gasteiger partial charge in [-0.1, -0.05) is 26.0 Å². The summed E-state index contributed by atoms with van der Waals surface area (Å²) >= 11 is 0. The van der Waals surface area contributed by atoms with Crippen LogP contribution < -0.4 is 5.32 Å². The number of nitrogens with one attached hydrogen (secondary N) is 1. The van der Waals surface area contributed by atoms with Gasteiger partial charge in [0.15, 0.2) is 0 Å². The number of likely N-dealkylation sites (N-methyl/N-ethyl adjacent to an activating group) is 1. The summed E-state index contributed by atoms with van der Waals surface area (Å²) in [5, 5.41) is 12.5. The zero-order chi connectivity index (χ0) is 14.6. The van der Waals surface area contributed by atoms with Crippen LogP contribution in [0.5, 0.6) is 0 Å².